The van der Waals surface area contributed by atoms with Gasteiger partial charge in [0, 0.05) is 5.69 Å². The molecule has 0 unspecified atom stereocenters. The Morgan fingerprint density at radius 3 is 2.67 bits per heavy atom. The number of carbonyl (C=O) groups is 1. The monoisotopic (exact) mass is 378 g/mol. The summed E-state index contributed by atoms with van der Waals surface area (Å²) in [5.74, 6) is 1.13. The summed E-state index contributed by atoms with van der Waals surface area (Å²) in [5.41, 5.74) is 3.76. The number of nitrogens with one attached hydrogen (secondary N) is 1. The molecule has 0 amide bonds. The number of anilines is 2. The molecule has 1 N–H and O–H groups in total. The van der Waals surface area contributed by atoms with E-state index in [-0.39, 0.29) is 10.9 Å². The summed E-state index contributed by atoms with van der Waals surface area (Å²) < 4.78 is 1.82. The fourth-order valence-corrected chi connectivity index (χ4v) is 2.99. The van der Waals surface area contributed by atoms with Crippen molar-refractivity contribution in [3.63, 3.8) is 0 Å². The average molecular weight is 379 g/mol. The van der Waals surface area contributed by atoms with Gasteiger partial charge in [-0.3, -0.25) is 9.36 Å². The number of pyridine rings is 1. The summed E-state index contributed by atoms with van der Waals surface area (Å²) in [5, 5.41) is 11.5. The SMILES string of the molecule is CC(=O)c1ccc(-n2cnc3cc(Nc4ccc(C)nn4)ccc32)nc1Cl. The summed E-state index contributed by atoms with van der Waals surface area (Å²) in [6.45, 7) is 3.35. The van der Waals surface area contributed by atoms with Crippen molar-refractivity contribution in [2.24, 2.45) is 0 Å². The van der Waals surface area contributed by atoms with Crippen LogP contribution in [0.2, 0.25) is 5.15 Å². The molecule has 0 saturated carbocycles. The van der Waals surface area contributed by atoms with Gasteiger partial charge in [-0.2, -0.15) is 5.10 Å². The highest BCUT2D eigenvalue weighted by Crippen LogP contribution is 2.24. The van der Waals surface area contributed by atoms with E-state index in [9.17, 15) is 4.79 Å². The zero-order valence-electron chi connectivity index (χ0n) is 14.6. The van der Waals surface area contributed by atoms with Crippen LogP contribution < -0.4 is 5.32 Å². The van der Waals surface area contributed by atoms with E-state index >= 15 is 0 Å². The van der Waals surface area contributed by atoms with Gasteiger partial charge in [0.05, 0.1) is 22.3 Å². The van der Waals surface area contributed by atoms with Crippen LogP contribution in [0.25, 0.3) is 16.9 Å². The highest BCUT2D eigenvalue weighted by molar-refractivity contribution is 6.32. The van der Waals surface area contributed by atoms with E-state index in [0.29, 0.717) is 17.2 Å². The van der Waals surface area contributed by atoms with E-state index in [2.05, 4.69) is 25.5 Å². The molecule has 27 heavy (non-hydrogen) atoms. The third-order valence-corrected chi connectivity index (χ3v) is 4.37. The molecular formula is C19H15ClN6O. The molecule has 3 aromatic heterocycles. The van der Waals surface area contributed by atoms with E-state index in [1.165, 1.54) is 6.92 Å². The van der Waals surface area contributed by atoms with Crippen molar-refractivity contribution in [3.05, 3.63) is 65.2 Å². The van der Waals surface area contributed by atoms with Gasteiger partial charge < -0.3 is 5.32 Å². The smallest absolute Gasteiger partial charge is 0.162 e. The molecule has 1 aromatic carbocycles. The molecule has 4 aromatic rings. The predicted molar refractivity (Wildman–Crippen MR) is 104 cm³/mol. The number of Topliss-reactive ketones (excluding diaryl/α,β-unsaturated/α-hetero) is 1. The second-order valence-electron chi connectivity index (χ2n) is 6.07. The number of benzene rings is 1. The van der Waals surface area contributed by atoms with Gasteiger partial charge in [0.2, 0.25) is 0 Å². The normalized spacial score (nSPS) is 10.9. The Bertz CT molecular complexity index is 1150. The zero-order valence-corrected chi connectivity index (χ0v) is 15.4. The van der Waals surface area contributed by atoms with E-state index in [0.717, 1.165) is 22.4 Å². The number of imidazole rings is 1. The topological polar surface area (TPSA) is 85.6 Å². The van der Waals surface area contributed by atoms with Crippen LogP contribution in [0.1, 0.15) is 23.0 Å². The fourth-order valence-electron chi connectivity index (χ4n) is 2.71. The number of halogens is 1. The van der Waals surface area contributed by atoms with Gasteiger partial charge in [0.1, 0.15) is 17.3 Å². The largest absolute Gasteiger partial charge is 0.339 e. The van der Waals surface area contributed by atoms with Gasteiger partial charge in [-0.05, 0) is 56.3 Å². The maximum atomic E-state index is 11.5. The van der Waals surface area contributed by atoms with Crippen molar-refractivity contribution in [3.8, 4) is 5.82 Å². The summed E-state index contributed by atoms with van der Waals surface area (Å²) in [6, 6.07) is 13.0. The molecule has 0 saturated heterocycles. The van der Waals surface area contributed by atoms with Crippen LogP contribution in [0, 0.1) is 6.92 Å². The number of hydrogen-bond acceptors (Lipinski definition) is 6. The van der Waals surface area contributed by atoms with Crippen LogP contribution in [0.4, 0.5) is 11.5 Å². The number of hydrogen-bond donors (Lipinski definition) is 1. The zero-order chi connectivity index (χ0) is 19.0. The number of ketones is 1. The number of aromatic nitrogens is 5. The lowest BCUT2D eigenvalue weighted by atomic mass is 10.2. The lowest BCUT2D eigenvalue weighted by Gasteiger charge is -2.07. The maximum Gasteiger partial charge on any atom is 0.162 e. The maximum absolute atomic E-state index is 11.5. The quantitative estimate of drug-likeness (QED) is 0.424. The van der Waals surface area contributed by atoms with Crippen molar-refractivity contribution in [1.29, 1.82) is 0 Å². The third kappa shape index (κ3) is 3.37. The third-order valence-electron chi connectivity index (χ3n) is 4.08. The Labute approximate surface area is 160 Å². The standard InChI is InChI=1S/C19H15ClN6O/c1-11-3-7-17(25-24-11)22-13-4-6-16-15(9-13)21-10-26(16)18-8-5-14(12(2)27)19(20)23-18/h3-10H,1-2H3,(H,22,25). The van der Waals surface area contributed by atoms with Crippen molar-refractivity contribution < 1.29 is 4.79 Å². The first-order chi connectivity index (χ1) is 13.0. The van der Waals surface area contributed by atoms with Crippen LogP contribution in [-0.2, 0) is 0 Å². The summed E-state index contributed by atoms with van der Waals surface area (Å²) in [4.78, 5) is 20.3. The Morgan fingerprint density at radius 1 is 1.11 bits per heavy atom. The van der Waals surface area contributed by atoms with Crippen LogP contribution in [0.5, 0.6) is 0 Å². The summed E-state index contributed by atoms with van der Waals surface area (Å²) in [7, 11) is 0. The Balaban J connectivity index is 1.67. The lowest BCUT2D eigenvalue weighted by molar-refractivity contribution is 0.101. The summed E-state index contributed by atoms with van der Waals surface area (Å²) in [6.07, 6.45) is 1.67. The Morgan fingerprint density at radius 2 is 1.96 bits per heavy atom. The lowest BCUT2D eigenvalue weighted by Crippen LogP contribution is -2.01. The molecule has 0 aliphatic carbocycles. The van der Waals surface area contributed by atoms with Gasteiger partial charge >= 0.3 is 0 Å². The van der Waals surface area contributed by atoms with E-state index in [4.69, 9.17) is 11.6 Å². The molecule has 0 bridgehead atoms. The minimum Gasteiger partial charge on any atom is -0.339 e. The number of nitrogens with zero attached hydrogens (tertiary/aromatic N) is 5. The molecule has 7 nitrogen and oxygen atoms in total. The van der Waals surface area contributed by atoms with Crippen LogP contribution >= 0.6 is 11.6 Å². The molecule has 0 aliphatic rings. The van der Waals surface area contributed by atoms with Gasteiger partial charge in [-0.15, -0.1) is 5.10 Å². The van der Waals surface area contributed by atoms with Crippen molar-refractivity contribution in [2.75, 3.05) is 5.32 Å². The molecule has 4 rings (SSSR count). The van der Waals surface area contributed by atoms with Gasteiger partial charge in [-0.1, -0.05) is 11.6 Å². The second-order valence-corrected chi connectivity index (χ2v) is 6.43. The average Bonchev–Trinajstić information content (AvgIpc) is 3.06. The number of carbonyl (C=O) groups excluding carboxylic acids is 1. The minimum atomic E-state index is -0.121. The number of aryl methyl sites for hydroxylation is 1. The highest BCUT2D eigenvalue weighted by Gasteiger charge is 2.11. The van der Waals surface area contributed by atoms with Crippen molar-refractivity contribution in [1.82, 2.24) is 24.7 Å². The van der Waals surface area contributed by atoms with Crippen LogP contribution in [0.15, 0.2) is 48.8 Å². The van der Waals surface area contributed by atoms with Gasteiger partial charge in [0.15, 0.2) is 11.6 Å². The highest BCUT2D eigenvalue weighted by atomic mass is 35.5. The number of rotatable bonds is 4. The molecule has 0 radical (unpaired) electrons. The van der Waals surface area contributed by atoms with Gasteiger partial charge in [-0.25, -0.2) is 9.97 Å². The first-order valence-corrected chi connectivity index (χ1v) is 8.61. The first kappa shape index (κ1) is 17.1. The Kier molecular flexibility index (Phi) is 4.29. The Hall–Kier alpha value is -3.32. The van der Waals surface area contributed by atoms with E-state index in [1.807, 2.05) is 41.8 Å². The van der Waals surface area contributed by atoms with Crippen LogP contribution in [0.3, 0.4) is 0 Å². The van der Waals surface area contributed by atoms with Crippen LogP contribution in [-0.4, -0.2) is 30.5 Å². The molecule has 0 atom stereocenters. The van der Waals surface area contributed by atoms with E-state index < -0.39 is 0 Å². The molecule has 0 fully saturated rings. The molecule has 8 heteroatoms. The number of fused-ring (bicyclic) bond motifs is 1. The van der Waals surface area contributed by atoms with Crippen molar-refractivity contribution >= 4 is 39.9 Å². The minimum absolute atomic E-state index is 0.121. The molecule has 3 heterocycles. The summed E-state index contributed by atoms with van der Waals surface area (Å²) >= 11 is 6.13. The first-order valence-electron chi connectivity index (χ1n) is 8.23. The molecular weight excluding hydrogens is 364 g/mol. The second kappa shape index (κ2) is 6.77. The molecule has 134 valence electrons. The van der Waals surface area contributed by atoms with Gasteiger partial charge in [0.25, 0.3) is 0 Å². The predicted octanol–water partition coefficient (Wildman–Crippen LogP) is 4.12. The van der Waals surface area contributed by atoms with Crippen molar-refractivity contribution in [2.45, 2.75) is 13.8 Å². The fraction of sp³-hybridized carbons (Fsp3) is 0.105. The molecule has 0 aliphatic heterocycles. The van der Waals surface area contributed by atoms with E-state index in [1.54, 1.807) is 18.5 Å². The molecule has 0 spiro atoms.